The van der Waals surface area contributed by atoms with Crippen LogP contribution in [0.3, 0.4) is 0 Å². The minimum Gasteiger partial charge on any atom is -0.463 e. The number of carbonyl (C=O) groups excluding carboxylic acids is 1. The van der Waals surface area contributed by atoms with Gasteiger partial charge in [-0.3, -0.25) is 9.59 Å². The summed E-state index contributed by atoms with van der Waals surface area (Å²) in [6.45, 7) is 3.20. The van der Waals surface area contributed by atoms with Crippen molar-refractivity contribution in [2.75, 3.05) is 19.5 Å². The molecule has 2 aromatic carbocycles. The number of sulfone groups is 1. The van der Waals surface area contributed by atoms with Crippen LogP contribution in [0.4, 0.5) is 0 Å². The molecular weight excluding hydrogens is 452 g/mol. The van der Waals surface area contributed by atoms with E-state index in [1.54, 1.807) is 41.0 Å². The molecule has 0 fully saturated rings. The van der Waals surface area contributed by atoms with Crippen LogP contribution in [0.5, 0.6) is 0 Å². The van der Waals surface area contributed by atoms with Crippen molar-refractivity contribution in [3.63, 3.8) is 0 Å². The zero-order valence-electron chi connectivity index (χ0n) is 17.4. The van der Waals surface area contributed by atoms with Gasteiger partial charge in [0, 0.05) is 19.4 Å². The van der Waals surface area contributed by atoms with E-state index < -0.39 is 21.2 Å². The molecule has 0 saturated carbocycles. The lowest BCUT2D eigenvalue weighted by atomic mass is 10.2. The topological polar surface area (TPSA) is 108 Å². The van der Waals surface area contributed by atoms with E-state index in [0.717, 1.165) is 18.0 Å². The molecule has 4 aromatic rings. The second-order valence-corrected chi connectivity index (χ2v) is 10.1. The van der Waals surface area contributed by atoms with Gasteiger partial charge in [-0.25, -0.2) is 8.42 Å². The SMILES string of the molecule is CCOCCn1c(=NC(=O)c2coc3ccccc3c2=O)sc2cc(S(C)(=O)=O)ccc21. The third kappa shape index (κ3) is 4.29. The maximum Gasteiger partial charge on any atom is 0.286 e. The minimum absolute atomic E-state index is 0.172. The van der Waals surface area contributed by atoms with Gasteiger partial charge in [0.15, 0.2) is 14.6 Å². The molecule has 2 aromatic heterocycles. The number of carbonyl (C=O) groups is 1. The Hall–Kier alpha value is -3.08. The summed E-state index contributed by atoms with van der Waals surface area (Å²) in [5, 5.41) is 0.298. The number of benzene rings is 2. The number of aromatic nitrogens is 1. The normalized spacial score (nSPS) is 12.6. The Bertz CT molecular complexity index is 1560. The van der Waals surface area contributed by atoms with Crippen molar-refractivity contribution in [1.29, 1.82) is 0 Å². The highest BCUT2D eigenvalue weighted by atomic mass is 32.2. The predicted molar refractivity (Wildman–Crippen MR) is 122 cm³/mol. The number of thiazole rings is 1. The van der Waals surface area contributed by atoms with E-state index in [-0.39, 0.29) is 10.5 Å². The van der Waals surface area contributed by atoms with E-state index in [4.69, 9.17) is 9.15 Å². The van der Waals surface area contributed by atoms with E-state index in [0.29, 0.717) is 40.2 Å². The Morgan fingerprint density at radius 3 is 2.75 bits per heavy atom. The Balaban J connectivity index is 1.86. The fraction of sp³-hybridized carbons (Fsp3) is 0.227. The maximum atomic E-state index is 12.9. The molecule has 2 heterocycles. The molecular formula is C22H20N2O6S2. The summed E-state index contributed by atoms with van der Waals surface area (Å²) in [5.41, 5.74) is 0.478. The molecule has 0 saturated heterocycles. The Morgan fingerprint density at radius 2 is 2.00 bits per heavy atom. The van der Waals surface area contributed by atoms with Crippen LogP contribution in [0.15, 0.2) is 67.8 Å². The van der Waals surface area contributed by atoms with Gasteiger partial charge < -0.3 is 13.7 Å². The van der Waals surface area contributed by atoms with Gasteiger partial charge in [-0.1, -0.05) is 23.5 Å². The molecule has 0 aliphatic rings. The van der Waals surface area contributed by atoms with Crippen LogP contribution in [0.2, 0.25) is 0 Å². The van der Waals surface area contributed by atoms with Gasteiger partial charge >= 0.3 is 0 Å². The highest BCUT2D eigenvalue weighted by Gasteiger charge is 2.16. The van der Waals surface area contributed by atoms with Gasteiger partial charge in [-0.15, -0.1) is 0 Å². The molecule has 0 aliphatic carbocycles. The number of hydrogen-bond donors (Lipinski definition) is 0. The van der Waals surface area contributed by atoms with Crippen molar-refractivity contribution in [2.24, 2.45) is 4.99 Å². The lowest BCUT2D eigenvalue weighted by molar-refractivity contribution is 0.0994. The van der Waals surface area contributed by atoms with E-state index in [1.165, 1.54) is 17.4 Å². The van der Waals surface area contributed by atoms with E-state index >= 15 is 0 Å². The van der Waals surface area contributed by atoms with Crippen LogP contribution < -0.4 is 10.2 Å². The maximum absolute atomic E-state index is 12.9. The van der Waals surface area contributed by atoms with Crippen molar-refractivity contribution in [1.82, 2.24) is 4.57 Å². The van der Waals surface area contributed by atoms with Crippen molar-refractivity contribution < 1.29 is 22.4 Å². The number of hydrogen-bond acceptors (Lipinski definition) is 7. The molecule has 0 spiro atoms. The summed E-state index contributed by atoms with van der Waals surface area (Å²) < 4.78 is 37.2. The molecule has 0 radical (unpaired) electrons. The number of nitrogens with zero attached hydrogens (tertiary/aromatic N) is 2. The Labute approximate surface area is 187 Å². The van der Waals surface area contributed by atoms with Crippen LogP contribution >= 0.6 is 11.3 Å². The molecule has 4 rings (SSSR count). The number of ether oxygens (including phenoxy) is 1. The van der Waals surface area contributed by atoms with Crippen LogP contribution in [-0.4, -0.2) is 38.4 Å². The summed E-state index contributed by atoms with van der Waals surface area (Å²) in [4.78, 5) is 30.4. The smallest absolute Gasteiger partial charge is 0.286 e. The van der Waals surface area contributed by atoms with E-state index in [9.17, 15) is 18.0 Å². The Kier molecular flexibility index (Phi) is 6.09. The predicted octanol–water partition coefficient (Wildman–Crippen LogP) is 2.99. The fourth-order valence-corrected chi connectivity index (χ4v) is 5.07. The van der Waals surface area contributed by atoms with Crippen molar-refractivity contribution in [3.8, 4) is 0 Å². The lowest BCUT2D eigenvalue weighted by Crippen LogP contribution is -2.21. The van der Waals surface area contributed by atoms with Gasteiger partial charge in [0.1, 0.15) is 17.4 Å². The van der Waals surface area contributed by atoms with Crippen LogP contribution in [0, 0.1) is 0 Å². The Morgan fingerprint density at radius 1 is 1.22 bits per heavy atom. The summed E-state index contributed by atoms with van der Waals surface area (Å²) in [7, 11) is -3.39. The zero-order chi connectivity index (χ0) is 22.9. The first-order chi connectivity index (χ1) is 15.3. The van der Waals surface area contributed by atoms with E-state index in [2.05, 4.69) is 4.99 Å². The van der Waals surface area contributed by atoms with Gasteiger partial charge in [0.2, 0.25) is 5.43 Å². The average Bonchev–Trinajstić information content (AvgIpc) is 3.10. The van der Waals surface area contributed by atoms with E-state index in [1.807, 2.05) is 6.92 Å². The first-order valence-corrected chi connectivity index (χ1v) is 12.5. The summed E-state index contributed by atoms with van der Waals surface area (Å²) in [6.07, 6.45) is 2.26. The van der Waals surface area contributed by atoms with Gasteiger partial charge in [-0.05, 0) is 37.3 Å². The summed E-state index contributed by atoms with van der Waals surface area (Å²) in [6, 6.07) is 11.4. The third-order valence-electron chi connectivity index (χ3n) is 4.85. The van der Waals surface area contributed by atoms with Crippen molar-refractivity contribution in [3.05, 3.63) is 69.3 Å². The molecule has 0 atom stereocenters. The average molecular weight is 473 g/mol. The van der Waals surface area contributed by atoms with Crippen molar-refractivity contribution >= 4 is 48.3 Å². The highest BCUT2D eigenvalue weighted by molar-refractivity contribution is 7.90. The van der Waals surface area contributed by atoms with Gasteiger partial charge in [-0.2, -0.15) is 4.99 Å². The van der Waals surface area contributed by atoms with Gasteiger partial charge in [0.25, 0.3) is 5.91 Å². The third-order valence-corrected chi connectivity index (χ3v) is 7.00. The molecule has 0 unspecified atom stereocenters. The first kappa shape index (κ1) is 22.1. The molecule has 0 aliphatic heterocycles. The van der Waals surface area contributed by atoms with Crippen molar-refractivity contribution in [2.45, 2.75) is 18.4 Å². The molecule has 1 amide bonds. The molecule has 0 N–H and O–H groups in total. The van der Waals surface area contributed by atoms with Crippen LogP contribution in [-0.2, 0) is 21.1 Å². The standard InChI is InChI=1S/C22H20N2O6S2/c1-3-29-11-10-24-17-9-8-14(32(2,27)28)12-19(17)31-22(24)23-21(26)16-13-30-18-7-5-4-6-15(18)20(16)25/h4-9,12-13H,3,10-11H2,1-2H3. The lowest BCUT2D eigenvalue weighted by Gasteiger charge is -2.06. The number of rotatable bonds is 6. The molecule has 166 valence electrons. The second kappa shape index (κ2) is 8.81. The second-order valence-electron chi connectivity index (χ2n) is 7.03. The molecule has 8 nitrogen and oxygen atoms in total. The number of fused-ring (bicyclic) bond motifs is 2. The highest BCUT2D eigenvalue weighted by Crippen LogP contribution is 2.22. The molecule has 0 bridgehead atoms. The van der Waals surface area contributed by atoms with Crippen LogP contribution in [0.25, 0.3) is 21.2 Å². The first-order valence-electron chi connectivity index (χ1n) is 9.80. The number of para-hydroxylation sites is 1. The van der Waals surface area contributed by atoms with Gasteiger partial charge in [0.05, 0.1) is 27.1 Å². The zero-order valence-corrected chi connectivity index (χ0v) is 19.0. The largest absolute Gasteiger partial charge is 0.463 e. The monoisotopic (exact) mass is 472 g/mol. The summed E-state index contributed by atoms with van der Waals surface area (Å²) in [5.74, 6) is -0.732. The molecule has 32 heavy (non-hydrogen) atoms. The quantitative estimate of drug-likeness (QED) is 0.399. The minimum atomic E-state index is -3.39. The number of amides is 1. The summed E-state index contributed by atoms with van der Waals surface area (Å²) >= 11 is 1.17. The molecule has 10 heteroatoms. The van der Waals surface area contributed by atoms with Crippen LogP contribution in [0.1, 0.15) is 17.3 Å². The fourth-order valence-electron chi connectivity index (χ4n) is 3.26.